The molecule has 3 nitrogen and oxygen atoms in total. The van der Waals surface area contributed by atoms with E-state index in [2.05, 4.69) is 25.8 Å². The van der Waals surface area contributed by atoms with Crippen LogP contribution in [0.1, 0.15) is 37.7 Å². The maximum atomic E-state index is 12.1. The van der Waals surface area contributed by atoms with Crippen molar-refractivity contribution in [3.8, 4) is 16.3 Å². The molecule has 2 rings (SSSR count). The SMILES string of the molecule is COc1ccc(-c2nc(C(=O)CC(C)(C)C)cs2)cc1. The van der Waals surface area contributed by atoms with Crippen molar-refractivity contribution in [3.05, 3.63) is 35.3 Å². The first-order chi connectivity index (χ1) is 9.39. The smallest absolute Gasteiger partial charge is 0.182 e. The van der Waals surface area contributed by atoms with E-state index in [9.17, 15) is 4.79 Å². The Balaban J connectivity index is 2.17. The van der Waals surface area contributed by atoms with Crippen LogP contribution in [-0.4, -0.2) is 17.9 Å². The van der Waals surface area contributed by atoms with Crippen LogP contribution in [0.3, 0.4) is 0 Å². The van der Waals surface area contributed by atoms with Gasteiger partial charge in [0.2, 0.25) is 0 Å². The van der Waals surface area contributed by atoms with Crippen LogP contribution in [0.15, 0.2) is 29.6 Å². The summed E-state index contributed by atoms with van der Waals surface area (Å²) in [6, 6.07) is 7.70. The number of aromatic nitrogens is 1. The molecule has 20 heavy (non-hydrogen) atoms. The number of benzene rings is 1. The number of hydrogen-bond acceptors (Lipinski definition) is 4. The molecule has 0 radical (unpaired) electrons. The first-order valence-electron chi connectivity index (χ1n) is 6.52. The monoisotopic (exact) mass is 289 g/mol. The van der Waals surface area contributed by atoms with E-state index in [4.69, 9.17) is 4.74 Å². The lowest BCUT2D eigenvalue weighted by Crippen LogP contribution is -2.13. The average molecular weight is 289 g/mol. The van der Waals surface area contributed by atoms with Crippen molar-refractivity contribution in [2.45, 2.75) is 27.2 Å². The Hall–Kier alpha value is -1.68. The molecular weight excluding hydrogens is 270 g/mol. The molecule has 0 aliphatic rings. The summed E-state index contributed by atoms with van der Waals surface area (Å²) < 4.78 is 5.13. The van der Waals surface area contributed by atoms with Crippen molar-refractivity contribution in [3.63, 3.8) is 0 Å². The molecule has 2 aromatic rings. The van der Waals surface area contributed by atoms with Crippen LogP contribution in [0.25, 0.3) is 10.6 Å². The van der Waals surface area contributed by atoms with Gasteiger partial charge in [-0.25, -0.2) is 4.98 Å². The summed E-state index contributed by atoms with van der Waals surface area (Å²) in [6.07, 6.45) is 0.513. The zero-order valence-corrected chi connectivity index (χ0v) is 13.1. The fourth-order valence-corrected chi connectivity index (χ4v) is 2.67. The van der Waals surface area contributed by atoms with Gasteiger partial charge in [0.1, 0.15) is 16.5 Å². The van der Waals surface area contributed by atoms with E-state index in [0.717, 1.165) is 16.3 Å². The zero-order valence-electron chi connectivity index (χ0n) is 12.3. The van der Waals surface area contributed by atoms with Gasteiger partial charge >= 0.3 is 0 Å². The Kier molecular flexibility index (Phi) is 4.23. The van der Waals surface area contributed by atoms with E-state index in [1.807, 2.05) is 29.6 Å². The molecule has 4 heteroatoms. The molecule has 0 saturated carbocycles. The molecular formula is C16H19NO2S. The summed E-state index contributed by atoms with van der Waals surface area (Å²) in [5.74, 6) is 0.919. The topological polar surface area (TPSA) is 39.2 Å². The number of thiazole rings is 1. The van der Waals surface area contributed by atoms with Gasteiger partial charge in [0, 0.05) is 17.4 Å². The number of hydrogen-bond donors (Lipinski definition) is 0. The molecule has 1 aromatic heterocycles. The van der Waals surface area contributed by atoms with Crippen LogP contribution in [-0.2, 0) is 0 Å². The largest absolute Gasteiger partial charge is 0.497 e. The minimum absolute atomic E-state index is 0.0129. The summed E-state index contributed by atoms with van der Waals surface area (Å²) in [6.45, 7) is 6.17. The zero-order chi connectivity index (χ0) is 14.8. The summed E-state index contributed by atoms with van der Waals surface area (Å²) >= 11 is 1.50. The second kappa shape index (κ2) is 5.75. The van der Waals surface area contributed by atoms with Crippen molar-refractivity contribution >= 4 is 17.1 Å². The number of methoxy groups -OCH3 is 1. The predicted octanol–water partition coefficient (Wildman–Crippen LogP) is 4.44. The molecule has 0 N–H and O–H groups in total. The van der Waals surface area contributed by atoms with Gasteiger partial charge in [0.15, 0.2) is 5.78 Å². The van der Waals surface area contributed by atoms with Crippen LogP contribution in [0.2, 0.25) is 0 Å². The van der Waals surface area contributed by atoms with E-state index < -0.39 is 0 Å². The van der Waals surface area contributed by atoms with Crippen LogP contribution in [0.5, 0.6) is 5.75 Å². The highest BCUT2D eigenvalue weighted by atomic mass is 32.1. The molecule has 0 saturated heterocycles. The van der Waals surface area contributed by atoms with Gasteiger partial charge in [-0.1, -0.05) is 20.8 Å². The molecule has 0 bridgehead atoms. The molecule has 0 spiro atoms. The Morgan fingerprint density at radius 2 is 1.90 bits per heavy atom. The quantitative estimate of drug-likeness (QED) is 0.781. The second-order valence-corrected chi connectivity index (χ2v) is 6.79. The van der Waals surface area contributed by atoms with Crippen molar-refractivity contribution in [1.82, 2.24) is 4.98 Å². The Morgan fingerprint density at radius 1 is 1.25 bits per heavy atom. The Labute approximate surface area is 123 Å². The molecule has 1 heterocycles. The van der Waals surface area contributed by atoms with Gasteiger partial charge in [0.05, 0.1) is 7.11 Å². The van der Waals surface area contributed by atoms with Gasteiger partial charge in [-0.05, 0) is 29.7 Å². The number of nitrogens with zero attached hydrogens (tertiary/aromatic N) is 1. The van der Waals surface area contributed by atoms with Gasteiger partial charge in [-0.3, -0.25) is 4.79 Å². The second-order valence-electron chi connectivity index (χ2n) is 5.93. The van der Waals surface area contributed by atoms with E-state index in [0.29, 0.717) is 12.1 Å². The van der Waals surface area contributed by atoms with Gasteiger partial charge < -0.3 is 4.74 Å². The van der Waals surface area contributed by atoms with Crippen molar-refractivity contribution in [1.29, 1.82) is 0 Å². The van der Waals surface area contributed by atoms with E-state index in [1.54, 1.807) is 7.11 Å². The molecule has 1 aromatic carbocycles. The third-order valence-electron chi connectivity index (χ3n) is 2.82. The summed E-state index contributed by atoms with van der Waals surface area (Å²) in [7, 11) is 1.64. The molecule has 0 atom stereocenters. The van der Waals surface area contributed by atoms with E-state index >= 15 is 0 Å². The third kappa shape index (κ3) is 3.67. The standard InChI is InChI=1S/C16H19NO2S/c1-16(2,3)9-14(18)13-10-20-15(17-13)11-5-7-12(19-4)8-6-11/h5-8,10H,9H2,1-4H3. The molecule has 0 unspecified atom stereocenters. The molecule has 0 aliphatic heterocycles. The van der Waals surface area contributed by atoms with Crippen LogP contribution < -0.4 is 4.74 Å². The number of carbonyl (C=O) groups is 1. The lowest BCUT2D eigenvalue weighted by Gasteiger charge is -2.15. The first kappa shape index (κ1) is 14.7. The highest BCUT2D eigenvalue weighted by Gasteiger charge is 2.19. The maximum Gasteiger partial charge on any atom is 0.182 e. The highest BCUT2D eigenvalue weighted by Crippen LogP contribution is 2.28. The van der Waals surface area contributed by atoms with E-state index in [1.165, 1.54) is 11.3 Å². The van der Waals surface area contributed by atoms with Gasteiger partial charge in [0.25, 0.3) is 0 Å². The minimum atomic E-state index is -0.0129. The minimum Gasteiger partial charge on any atom is -0.497 e. The predicted molar refractivity (Wildman–Crippen MR) is 82.5 cm³/mol. The fourth-order valence-electron chi connectivity index (χ4n) is 1.84. The Bertz CT molecular complexity index is 594. The van der Waals surface area contributed by atoms with Crippen LogP contribution in [0.4, 0.5) is 0 Å². The number of Topliss-reactive ketones (excluding diaryl/α,β-unsaturated/α-hetero) is 1. The molecule has 0 amide bonds. The van der Waals surface area contributed by atoms with E-state index in [-0.39, 0.29) is 11.2 Å². The number of rotatable bonds is 4. The average Bonchev–Trinajstić information content (AvgIpc) is 2.86. The van der Waals surface area contributed by atoms with Gasteiger partial charge in [-0.15, -0.1) is 11.3 Å². The normalized spacial score (nSPS) is 11.4. The summed E-state index contributed by atoms with van der Waals surface area (Å²) in [5, 5.41) is 2.71. The van der Waals surface area contributed by atoms with Crippen LogP contribution >= 0.6 is 11.3 Å². The lowest BCUT2D eigenvalue weighted by molar-refractivity contribution is 0.0935. The lowest BCUT2D eigenvalue weighted by atomic mass is 9.89. The number of ether oxygens (including phenoxy) is 1. The van der Waals surface area contributed by atoms with Crippen molar-refractivity contribution in [2.75, 3.05) is 7.11 Å². The summed E-state index contributed by atoms with van der Waals surface area (Å²) in [5.41, 5.74) is 1.56. The molecule has 0 aliphatic carbocycles. The van der Waals surface area contributed by atoms with Gasteiger partial charge in [-0.2, -0.15) is 0 Å². The number of carbonyl (C=O) groups excluding carboxylic acids is 1. The highest BCUT2D eigenvalue weighted by molar-refractivity contribution is 7.13. The van der Waals surface area contributed by atoms with Crippen molar-refractivity contribution in [2.24, 2.45) is 5.41 Å². The Morgan fingerprint density at radius 3 is 2.45 bits per heavy atom. The van der Waals surface area contributed by atoms with Crippen molar-refractivity contribution < 1.29 is 9.53 Å². The third-order valence-corrected chi connectivity index (χ3v) is 3.71. The summed E-state index contributed by atoms with van der Waals surface area (Å²) in [4.78, 5) is 16.6. The van der Waals surface area contributed by atoms with Crippen LogP contribution in [0, 0.1) is 5.41 Å². The molecule has 106 valence electrons. The maximum absolute atomic E-state index is 12.1. The number of ketones is 1. The molecule has 0 fully saturated rings. The first-order valence-corrected chi connectivity index (χ1v) is 7.40. The fraction of sp³-hybridized carbons (Fsp3) is 0.375.